The predicted octanol–water partition coefficient (Wildman–Crippen LogP) is 2.59. The van der Waals surface area contributed by atoms with Gasteiger partial charge in [-0.05, 0) is 18.4 Å². The van der Waals surface area contributed by atoms with Gasteiger partial charge in [-0.1, -0.05) is 25.7 Å². The summed E-state index contributed by atoms with van der Waals surface area (Å²) >= 11 is 0. The monoisotopic (exact) mass is 220 g/mol. The van der Waals surface area contributed by atoms with Gasteiger partial charge in [-0.25, -0.2) is 0 Å². The second kappa shape index (κ2) is 5.28. The third kappa shape index (κ3) is 2.94. The van der Waals surface area contributed by atoms with Gasteiger partial charge >= 0.3 is 0 Å². The lowest BCUT2D eigenvalue weighted by molar-refractivity contribution is -0.119. The average molecular weight is 220 g/mol. The highest BCUT2D eigenvalue weighted by molar-refractivity contribution is 5.80. The molecule has 1 fully saturated rings. The van der Waals surface area contributed by atoms with E-state index in [-0.39, 0.29) is 0 Å². The molecule has 0 radical (unpaired) electrons. The van der Waals surface area contributed by atoms with E-state index in [1.54, 1.807) is 0 Å². The van der Waals surface area contributed by atoms with Crippen molar-refractivity contribution < 1.29 is 4.79 Å². The van der Waals surface area contributed by atoms with E-state index in [0.29, 0.717) is 18.1 Å². The number of ketones is 1. The van der Waals surface area contributed by atoms with Crippen LogP contribution in [0, 0.1) is 5.92 Å². The first kappa shape index (κ1) is 11.4. The third-order valence-corrected chi connectivity index (χ3v) is 3.40. The molecule has 3 heteroatoms. The van der Waals surface area contributed by atoms with E-state index in [9.17, 15) is 4.79 Å². The van der Waals surface area contributed by atoms with Crippen LogP contribution in [-0.2, 0) is 17.8 Å². The van der Waals surface area contributed by atoms with Crippen molar-refractivity contribution in [1.29, 1.82) is 0 Å². The Bertz CT molecular complexity index is 351. The first-order valence-corrected chi connectivity index (χ1v) is 6.31. The van der Waals surface area contributed by atoms with Crippen LogP contribution in [0.25, 0.3) is 0 Å². The van der Waals surface area contributed by atoms with Crippen LogP contribution in [0.5, 0.6) is 0 Å². The quantitative estimate of drug-likeness (QED) is 0.764. The number of carbonyl (C=O) groups excluding carboxylic acids is 1. The van der Waals surface area contributed by atoms with Crippen LogP contribution in [0.3, 0.4) is 0 Å². The van der Waals surface area contributed by atoms with Crippen molar-refractivity contribution in [3.63, 3.8) is 0 Å². The van der Waals surface area contributed by atoms with Crippen molar-refractivity contribution in [2.45, 2.75) is 52.0 Å². The fourth-order valence-electron chi connectivity index (χ4n) is 2.51. The Balaban J connectivity index is 1.81. The molecule has 1 aromatic heterocycles. The van der Waals surface area contributed by atoms with Crippen molar-refractivity contribution in [2.24, 2.45) is 5.92 Å². The lowest BCUT2D eigenvalue weighted by atomic mass is 9.98. The highest BCUT2D eigenvalue weighted by atomic mass is 16.1. The Labute approximate surface area is 96.8 Å². The maximum atomic E-state index is 11.8. The summed E-state index contributed by atoms with van der Waals surface area (Å²) < 4.78 is 1.87. The molecule has 0 spiro atoms. The summed E-state index contributed by atoms with van der Waals surface area (Å²) in [5.41, 5.74) is 1.06. The number of carbonyl (C=O) groups is 1. The largest absolute Gasteiger partial charge is 0.299 e. The zero-order valence-electron chi connectivity index (χ0n) is 9.98. The molecule has 1 aliphatic rings. The summed E-state index contributed by atoms with van der Waals surface area (Å²) in [5.74, 6) is 1.04. The van der Waals surface area contributed by atoms with Gasteiger partial charge < -0.3 is 0 Å². The van der Waals surface area contributed by atoms with E-state index in [1.807, 2.05) is 17.1 Å². The Morgan fingerprint density at radius 1 is 1.50 bits per heavy atom. The molecule has 2 rings (SSSR count). The Morgan fingerprint density at radius 2 is 2.25 bits per heavy atom. The predicted molar refractivity (Wildman–Crippen MR) is 63.2 cm³/mol. The van der Waals surface area contributed by atoms with Gasteiger partial charge in [0.25, 0.3) is 0 Å². The molecule has 3 nitrogen and oxygen atoms in total. The van der Waals surface area contributed by atoms with Crippen molar-refractivity contribution in [2.75, 3.05) is 0 Å². The number of aryl methyl sites for hydroxylation is 1. The second-order valence-electron chi connectivity index (χ2n) is 4.77. The molecule has 88 valence electrons. The summed E-state index contributed by atoms with van der Waals surface area (Å²) in [6.07, 6.45) is 10.3. The van der Waals surface area contributed by atoms with E-state index >= 15 is 0 Å². The van der Waals surface area contributed by atoms with E-state index < -0.39 is 0 Å². The van der Waals surface area contributed by atoms with Crippen LogP contribution in [0.1, 0.15) is 44.6 Å². The Kier molecular flexibility index (Phi) is 3.75. The smallest absolute Gasteiger partial charge is 0.137 e. The molecule has 0 N–H and O–H groups in total. The first-order chi connectivity index (χ1) is 7.78. The molecular formula is C13H20N2O. The van der Waals surface area contributed by atoms with Crippen molar-refractivity contribution in [1.82, 2.24) is 9.78 Å². The molecule has 0 saturated heterocycles. The van der Waals surface area contributed by atoms with Crippen LogP contribution in [0.2, 0.25) is 0 Å². The normalized spacial score (nSPS) is 16.8. The second-order valence-corrected chi connectivity index (χ2v) is 4.77. The van der Waals surface area contributed by atoms with E-state index in [1.165, 1.54) is 25.7 Å². The highest BCUT2D eigenvalue weighted by Crippen LogP contribution is 2.27. The van der Waals surface area contributed by atoms with Gasteiger partial charge in [0.1, 0.15) is 5.78 Å². The van der Waals surface area contributed by atoms with Gasteiger partial charge in [-0.3, -0.25) is 9.48 Å². The minimum atomic E-state index is 0.377. The van der Waals surface area contributed by atoms with Gasteiger partial charge in [0, 0.05) is 25.6 Å². The molecule has 0 atom stereocenters. The molecule has 1 aliphatic carbocycles. The van der Waals surface area contributed by atoms with Crippen LogP contribution in [-0.4, -0.2) is 15.6 Å². The molecule has 0 amide bonds. The Hall–Kier alpha value is -1.12. The van der Waals surface area contributed by atoms with Crippen LogP contribution < -0.4 is 0 Å². The minimum absolute atomic E-state index is 0.377. The van der Waals surface area contributed by atoms with Gasteiger partial charge in [-0.15, -0.1) is 0 Å². The van der Waals surface area contributed by atoms with Crippen molar-refractivity contribution >= 4 is 5.78 Å². The molecule has 0 aromatic carbocycles. The van der Waals surface area contributed by atoms with Crippen LogP contribution in [0.4, 0.5) is 0 Å². The summed E-state index contributed by atoms with van der Waals surface area (Å²) in [7, 11) is 0. The van der Waals surface area contributed by atoms with E-state index in [0.717, 1.165) is 18.5 Å². The molecule has 16 heavy (non-hydrogen) atoms. The molecule has 1 heterocycles. The summed E-state index contributed by atoms with van der Waals surface area (Å²) in [5, 5.41) is 4.18. The summed E-state index contributed by atoms with van der Waals surface area (Å²) in [6.45, 7) is 2.92. The van der Waals surface area contributed by atoms with Crippen LogP contribution >= 0.6 is 0 Å². The lowest BCUT2D eigenvalue weighted by Gasteiger charge is -2.06. The molecule has 1 aromatic rings. The van der Waals surface area contributed by atoms with Gasteiger partial charge in [0.05, 0.1) is 6.20 Å². The fraction of sp³-hybridized carbons (Fsp3) is 0.692. The van der Waals surface area contributed by atoms with Gasteiger partial charge in [0.15, 0.2) is 0 Å². The fourth-order valence-corrected chi connectivity index (χ4v) is 2.51. The molecule has 0 unspecified atom stereocenters. The zero-order chi connectivity index (χ0) is 11.4. The number of hydrogen-bond acceptors (Lipinski definition) is 2. The Morgan fingerprint density at radius 3 is 2.88 bits per heavy atom. The number of Topliss-reactive ketones (excluding diaryl/α,β-unsaturated/α-hetero) is 1. The average Bonchev–Trinajstić information content (AvgIpc) is 2.89. The third-order valence-electron chi connectivity index (χ3n) is 3.40. The lowest BCUT2D eigenvalue weighted by Crippen LogP contribution is -2.07. The number of aromatic nitrogens is 2. The maximum Gasteiger partial charge on any atom is 0.137 e. The summed E-state index contributed by atoms with van der Waals surface area (Å²) in [6, 6.07) is 0. The zero-order valence-corrected chi connectivity index (χ0v) is 9.98. The molecule has 0 aliphatic heterocycles. The van der Waals surface area contributed by atoms with Crippen LogP contribution in [0.15, 0.2) is 12.4 Å². The SMILES string of the molecule is CCn1cc(CC(=O)CC2CCCC2)cn1. The molecule has 0 bridgehead atoms. The first-order valence-electron chi connectivity index (χ1n) is 6.31. The number of nitrogens with zero attached hydrogens (tertiary/aromatic N) is 2. The molecule has 1 saturated carbocycles. The van der Waals surface area contributed by atoms with Crippen molar-refractivity contribution in [3.05, 3.63) is 18.0 Å². The van der Waals surface area contributed by atoms with Gasteiger partial charge in [-0.2, -0.15) is 5.10 Å². The van der Waals surface area contributed by atoms with E-state index in [2.05, 4.69) is 12.0 Å². The van der Waals surface area contributed by atoms with E-state index in [4.69, 9.17) is 0 Å². The standard InChI is InChI=1S/C13H20N2O/c1-2-15-10-12(9-14-15)8-13(16)7-11-5-3-4-6-11/h9-11H,2-8H2,1H3. The summed E-state index contributed by atoms with van der Waals surface area (Å²) in [4.78, 5) is 11.8. The number of rotatable bonds is 5. The minimum Gasteiger partial charge on any atom is -0.299 e. The van der Waals surface area contributed by atoms with Crippen molar-refractivity contribution in [3.8, 4) is 0 Å². The highest BCUT2D eigenvalue weighted by Gasteiger charge is 2.18. The van der Waals surface area contributed by atoms with Gasteiger partial charge in [0.2, 0.25) is 0 Å². The number of hydrogen-bond donors (Lipinski definition) is 0. The maximum absolute atomic E-state index is 11.8. The topological polar surface area (TPSA) is 34.9 Å². The molecular weight excluding hydrogens is 200 g/mol.